The molecule has 8 heteroatoms. The lowest BCUT2D eigenvalue weighted by Gasteiger charge is -2.05. The van der Waals surface area contributed by atoms with E-state index in [0.717, 1.165) is 24.2 Å². The summed E-state index contributed by atoms with van der Waals surface area (Å²) in [5.41, 5.74) is 0. The van der Waals surface area contributed by atoms with E-state index in [1.807, 2.05) is 0 Å². The maximum Gasteiger partial charge on any atom is 0.253 e. The second kappa shape index (κ2) is 4.14. The number of halogens is 1. The Hall–Kier alpha value is -0.370. The Bertz CT molecular complexity index is 493. The molecule has 1 heterocycles. The van der Waals surface area contributed by atoms with E-state index in [1.165, 1.54) is 0 Å². The third-order valence-electron chi connectivity index (χ3n) is 2.07. The summed E-state index contributed by atoms with van der Waals surface area (Å²) < 4.78 is 26.5. The Kier molecular flexibility index (Phi) is 3.13. The molecule has 1 aromatic heterocycles. The average Bonchev–Trinajstić information content (AvgIpc) is 2.84. The standard InChI is InChI=1S/C8H12ClN3O2S2/c1-12(2)8-10-6(9)7(15-8)16(13,14)11-5-3-4-5/h5,11H,3-4H2,1-2H3. The van der Waals surface area contributed by atoms with Crippen LogP contribution < -0.4 is 9.62 Å². The van der Waals surface area contributed by atoms with Crippen LogP contribution in [0.15, 0.2) is 4.21 Å². The first-order chi connectivity index (χ1) is 7.40. The third-order valence-corrected chi connectivity index (χ3v) is 5.82. The van der Waals surface area contributed by atoms with Crippen molar-refractivity contribution in [3.05, 3.63) is 5.15 Å². The zero-order valence-corrected chi connectivity index (χ0v) is 11.3. The largest absolute Gasteiger partial charge is 0.354 e. The Balaban J connectivity index is 2.31. The van der Waals surface area contributed by atoms with Gasteiger partial charge in [-0.25, -0.2) is 18.1 Å². The highest BCUT2D eigenvalue weighted by atomic mass is 35.5. The molecule has 0 aliphatic heterocycles. The molecule has 1 saturated carbocycles. The predicted octanol–water partition coefficient (Wildman–Crippen LogP) is 1.30. The molecule has 0 amide bonds. The fourth-order valence-corrected chi connectivity index (χ4v) is 4.13. The molecule has 0 saturated heterocycles. The minimum atomic E-state index is -3.49. The molecule has 5 nitrogen and oxygen atoms in total. The fraction of sp³-hybridized carbons (Fsp3) is 0.625. The molecule has 0 aromatic carbocycles. The zero-order valence-electron chi connectivity index (χ0n) is 8.90. The van der Waals surface area contributed by atoms with Gasteiger partial charge in [-0.2, -0.15) is 0 Å². The van der Waals surface area contributed by atoms with E-state index in [0.29, 0.717) is 5.13 Å². The SMILES string of the molecule is CN(C)c1nc(Cl)c(S(=O)(=O)NC2CC2)s1. The number of aromatic nitrogens is 1. The van der Waals surface area contributed by atoms with Crippen LogP contribution in [0.4, 0.5) is 5.13 Å². The maximum absolute atomic E-state index is 11.9. The lowest BCUT2D eigenvalue weighted by Crippen LogP contribution is -2.25. The van der Waals surface area contributed by atoms with Gasteiger partial charge in [-0.3, -0.25) is 0 Å². The molecular weight excluding hydrogens is 270 g/mol. The van der Waals surface area contributed by atoms with Gasteiger partial charge < -0.3 is 4.90 Å². The van der Waals surface area contributed by atoms with Crippen LogP contribution in [-0.4, -0.2) is 33.5 Å². The van der Waals surface area contributed by atoms with E-state index < -0.39 is 10.0 Å². The Morgan fingerprint density at radius 1 is 1.50 bits per heavy atom. The van der Waals surface area contributed by atoms with Crippen molar-refractivity contribution in [2.75, 3.05) is 19.0 Å². The van der Waals surface area contributed by atoms with Crippen molar-refractivity contribution in [2.24, 2.45) is 0 Å². The van der Waals surface area contributed by atoms with E-state index in [-0.39, 0.29) is 15.4 Å². The molecule has 1 fully saturated rings. The molecule has 2 rings (SSSR count). The summed E-state index contributed by atoms with van der Waals surface area (Å²) >= 11 is 6.91. The van der Waals surface area contributed by atoms with E-state index >= 15 is 0 Å². The number of hydrogen-bond acceptors (Lipinski definition) is 5. The highest BCUT2D eigenvalue weighted by Crippen LogP contribution is 2.33. The first kappa shape index (κ1) is 12.1. The molecule has 0 bridgehead atoms. The summed E-state index contributed by atoms with van der Waals surface area (Å²) in [6, 6.07) is 0.0750. The molecule has 1 N–H and O–H groups in total. The summed E-state index contributed by atoms with van der Waals surface area (Å²) in [7, 11) is 0.0901. The van der Waals surface area contributed by atoms with E-state index in [4.69, 9.17) is 11.6 Å². The monoisotopic (exact) mass is 281 g/mol. The van der Waals surface area contributed by atoms with Crippen LogP contribution in [-0.2, 0) is 10.0 Å². The smallest absolute Gasteiger partial charge is 0.253 e. The van der Waals surface area contributed by atoms with Crippen molar-refractivity contribution in [2.45, 2.75) is 23.1 Å². The first-order valence-electron chi connectivity index (χ1n) is 4.76. The average molecular weight is 282 g/mol. The van der Waals surface area contributed by atoms with Crippen molar-refractivity contribution in [1.82, 2.24) is 9.71 Å². The number of sulfonamides is 1. The normalized spacial score (nSPS) is 16.4. The molecule has 90 valence electrons. The highest BCUT2D eigenvalue weighted by molar-refractivity contribution is 7.91. The molecule has 16 heavy (non-hydrogen) atoms. The third kappa shape index (κ3) is 2.48. The van der Waals surface area contributed by atoms with Crippen LogP contribution in [0.25, 0.3) is 0 Å². The van der Waals surface area contributed by atoms with E-state index in [1.54, 1.807) is 19.0 Å². The number of rotatable bonds is 4. The van der Waals surface area contributed by atoms with Crippen LogP contribution in [0, 0.1) is 0 Å². The fourth-order valence-electron chi connectivity index (χ4n) is 1.11. The van der Waals surface area contributed by atoms with Crippen LogP contribution in [0.2, 0.25) is 5.15 Å². The van der Waals surface area contributed by atoms with Gasteiger partial charge in [-0.05, 0) is 12.8 Å². The van der Waals surface area contributed by atoms with Crippen LogP contribution in [0.3, 0.4) is 0 Å². The number of thiazole rings is 1. The maximum atomic E-state index is 11.9. The number of hydrogen-bond donors (Lipinski definition) is 1. The first-order valence-corrected chi connectivity index (χ1v) is 7.44. The predicted molar refractivity (Wildman–Crippen MR) is 64.8 cm³/mol. The van der Waals surface area contributed by atoms with Gasteiger partial charge in [0.25, 0.3) is 10.0 Å². The quantitative estimate of drug-likeness (QED) is 0.904. The summed E-state index contributed by atoms with van der Waals surface area (Å²) in [5.74, 6) is 0. The van der Waals surface area contributed by atoms with Gasteiger partial charge in [0.2, 0.25) is 0 Å². The lowest BCUT2D eigenvalue weighted by atomic mass is 10.8. The molecule has 1 aromatic rings. The van der Waals surface area contributed by atoms with Gasteiger partial charge in [0.05, 0.1) is 0 Å². The molecule has 0 atom stereocenters. The molecule has 0 spiro atoms. The van der Waals surface area contributed by atoms with E-state index in [2.05, 4.69) is 9.71 Å². The van der Waals surface area contributed by atoms with Crippen molar-refractivity contribution in [3.8, 4) is 0 Å². The van der Waals surface area contributed by atoms with Crippen molar-refractivity contribution in [1.29, 1.82) is 0 Å². The van der Waals surface area contributed by atoms with Gasteiger partial charge in [-0.15, -0.1) is 0 Å². The van der Waals surface area contributed by atoms with Crippen molar-refractivity contribution in [3.63, 3.8) is 0 Å². The van der Waals surface area contributed by atoms with Crippen LogP contribution >= 0.6 is 22.9 Å². The Labute approximate surface area is 103 Å². The summed E-state index contributed by atoms with van der Waals surface area (Å²) in [5, 5.41) is 0.628. The van der Waals surface area contributed by atoms with Crippen LogP contribution in [0.1, 0.15) is 12.8 Å². The molecule has 0 unspecified atom stereocenters. The second-order valence-corrected chi connectivity index (χ2v) is 7.11. The van der Waals surface area contributed by atoms with Crippen LogP contribution in [0.5, 0.6) is 0 Å². The number of nitrogens with one attached hydrogen (secondary N) is 1. The topological polar surface area (TPSA) is 62.3 Å². The summed E-state index contributed by atoms with van der Waals surface area (Å²) in [4.78, 5) is 5.72. The second-order valence-electron chi connectivity index (χ2n) is 3.86. The number of anilines is 1. The molecule has 1 aliphatic carbocycles. The zero-order chi connectivity index (χ0) is 11.9. The Morgan fingerprint density at radius 2 is 2.12 bits per heavy atom. The Morgan fingerprint density at radius 3 is 2.56 bits per heavy atom. The van der Waals surface area contributed by atoms with E-state index in [9.17, 15) is 8.42 Å². The van der Waals surface area contributed by atoms with Crippen molar-refractivity contribution >= 4 is 38.1 Å². The summed E-state index contributed by atoms with van der Waals surface area (Å²) in [6.45, 7) is 0. The molecule has 1 aliphatic rings. The van der Waals surface area contributed by atoms with Gasteiger partial charge in [0.1, 0.15) is 0 Å². The van der Waals surface area contributed by atoms with Crippen molar-refractivity contribution < 1.29 is 8.42 Å². The van der Waals surface area contributed by atoms with Gasteiger partial charge in [-0.1, -0.05) is 22.9 Å². The van der Waals surface area contributed by atoms with Gasteiger partial charge in [0, 0.05) is 20.1 Å². The summed E-state index contributed by atoms with van der Waals surface area (Å²) in [6.07, 6.45) is 1.80. The number of nitrogens with zero attached hydrogens (tertiary/aromatic N) is 2. The lowest BCUT2D eigenvalue weighted by molar-refractivity contribution is 0.583. The van der Waals surface area contributed by atoms with Gasteiger partial charge >= 0.3 is 0 Å². The highest BCUT2D eigenvalue weighted by Gasteiger charge is 2.31. The minimum Gasteiger partial charge on any atom is -0.354 e. The minimum absolute atomic E-state index is 0.0434. The molecule has 0 radical (unpaired) electrons. The van der Waals surface area contributed by atoms with Gasteiger partial charge in [0.15, 0.2) is 14.5 Å². The molecular formula is C8H12ClN3O2S2.